The highest BCUT2D eigenvalue weighted by atomic mass is 35.5. The van der Waals surface area contributed by atoms with Crippen LogP contribution in [0, 0.1) is 11.3 Å². The van der Waals surface area contributed by atoms with E-state index in [1.165, 1.54) is 10.9 Å². The molecule has 0 radical (unpaired) electrons. The molecular formula is C12H9ClN4O2. The predicted molar refractivity (Wildman–Crippen MR) is 68.9 cm³/mol. The van der Waals surface area contributed by atoms with E-state index in [2.05, 4.69) is 5.10 Å². The molecule has 1 aromatic heterocycles. The summed E-state index contributed by atoms with van der Waals surface area (Å²) in [6.45, 7) is 0.280. The highest BCUT2D eigenvalue weighted by Gasteiger charge is 2.13. The molecule has 2 aromatic rings. The third-order valence-corrected chi connectivity index (χ3v) is 2.86. The van der Waals surface area contributed by atoms with Crippen molar-refractivity contribution in [1.29, 1.82) is 5.26 Å². The molecule has 0 spiro atoms. The smallest absolute Gasteiger partial charge is 0.358 e. The minimum Gasteiger partial charge on any atom is -0.476 e. The molecule has 1 aromatic carbocycles. The Kier molecular flexibility index (Phi) is 3.40. The number of benzene rings is 1. The lowest BCUT2D eigenvalue weighted by Gasteiger charge is -2.04. The summed E-state index contributed by atoms with van der Waals surface area (Å²) in [6, 6.07) is 6.85. The van der Waals surface area contributed by atoms with Crippen molar-refractivity contribution in [3.63, 3.8) is 0 Å². The van der Waals surface area contributed by atoms with Crippen molar-refractivity contribution in [3.05, 3.63) is 46.2 Å². The standard InChI is InChI=1S/C12H9ClN4O2/c13-9-3-7(4-14)1-2-8(9)5-17-6-10(15)11(16-17)12(18)19/h1-3,6H,5,15H2,(H,18,19). The number of rotatable bonds is 3. The molecule has 3 N–H and O–H groups in total. The maximum Gasteiger partial charge on any atom is 0.358 e. The molecular weight excluding hydrogens is 268 g/mol. The minimum atomic E-state index is -1.18. The van der Waals surface area contributed by atoms with E-state index in [1.807, 2.05) is 6.07 Å². The molecule has 0 bridgehead atoms. The highest BCUT2D eigenvalue weighted by Crippen LogP contribution is 2.19. The lowest BCUT2D eigenvalue weighted by molar-refractivity contribution is 0.0690. The fraction of sp³-hybridized carbons (Fsp3) is 0.0833. The van der Waals surface area contributed by atoms with Crippen LogP contribution in [0.5, 0.6) is 0 Å². The van der Waals surface area contributed by atoms with Gasteiger partial charge in [0.1, 0.15) is 0 Å². The fourth-order valence-corrected chi connectivity index (χ4v) is 1.84. The number of nitrogens with two attached hydrogens (primary N) is 1. The number of nitrogens with zero attached hydrogens (tertiary/aromatic N) is 3. The number of aromatic nitrogens is 2. The van der Waals surface area contributed by atoms with E-state index in [9.17, 15) is 4.79 Å². The van der Waals surface area contributed by atoms with Gasteiger partial charge in [-0.15, -0.1) is 0 Å². The van der Waals surface area contributed by atoms with Gasteiger partial charge in [-0.25, -0.2) is 4.79 Å². The van der Waals surface area contributed by atoms with Crippen molar-refractivity contribution in [1.82, 2.24) is 9.78 Å². The average Bonchev–Trinajstić information content (AvgIpc) is 2.73. The van der Waals surface area contributed by atoms with Crippen molar-refractivity contribution >= 4 is 23.3 Å². The summed E-state index contributed by atoms with van der Waals surface area (Å²) in [5, 5.41) is 21.9. The normalized spacial score (nSPS) is 10.1. The van der Waals surface area contributed by atoms with Crippen molar-refractivity contribution in [2.24, 2.45) is 0 Å². The van der Waals surface area contributed by atoms with E-state index < -0.39 is 5.97 Å². The molecule has 0 fully saturated rings. The number of carboxylic acid groups (broad SMARTS) is 1. The Morgan fingerprint density at radius 1 is 1.58 bits per heavy atom. The van der Waals surface area contributed by atoms with Crippen LogP contribution in [-0.4, -0.2) is 20.9 Å². The Bertz CT molecular complexity index is 688. The molecule has 0 aliphatic rings. The second kappa shape index (κ2) is 5.00. The zero-order valence-electron chi connectivity index (χ0n) is 9.67. The molecule has 1 heterocycles. The van der Waals surface area contributed by atoms with Crippen LogP contribution in [0.25, 0.3) is 0 Å². The van der Waals surface area contributed by atoms with Crippen molar-refractivity contribution in [2.75, 3.05) is 5.73 Å². The molecule has 7 heteroatoms. The third-order valence-electron chi connectivity index (χ3n) is 2.51. The number of nitrogen functional groups attached to an aromatic ring is 1. The number of hydrogen-bond donors (Lipinski definition) is 2. The Hall–Kier alpha value is -2.52. The second-order valence-corrected chi connectivity index (χ2v) is 4.26. The van der Waals surface area contributed by atoms with Gasteiger partial charge in [0.25, 0.3) is 0 Å². The zero-order valence-corrected chi connectivity index (χ0v) is 10.4. The molecule has 0 saturated heterocycles. The van der Waals surface area contributed by atoms with Gasteiger partial charge >= 0.3 is 5.97 Å². The Morgan fingerprint density at radius 3 is 2.84 bits per heavy atom. The monoisotopic (exact) mass is 276 g/mol. The van der Waals surface area contributed by atoms with E-state index >= 15 is 0 Å². The van der Waals surface area contributed by atoms with Gasteiger partial charge in [0.2, 0.25) is 0 Å². The fourth-order valence-electron chi connectivity index (χ4n) is 1.60. The van der Waals surface area contributed by atoms with Gasteiger partial charge in [-0.1, -0.05) is 17.7 Å². The molecule has 6 nitrogen and oxygen atoms in total. The number of halogens is 1. The average molecular weight is 277 g/mol. The van der Waals surface area contributed by atoms with E-state index in [-0.39, 0.29) is 17.9 Å². The third kappa shape index (κ3) is 2.67. The molecule has 19 heavy (non-hydrogen) atoms. The van der Waals surface area contributed by atoms with Crippen LogP contribution in [0.1, 0.15) is 21.6 Å². The van der Waals surface area contributed by atoms with Gasteiger partial charge in [-0.2, -0.15) is 10.4 Å². The number of hydrogen-bond acceptors (Lipinski definition) is 4. The first kappa shape index (κ1) is 12.9. The minimum absolute atomic E-state index is 0.0947. The number of carboxylic acids is 1. The summed E-state index contributed by atoms with van der Waals surface area (Å²) in [4.78, 5) is 10.8. The maximum absolute atomic E-state index is 10.8. The molecule has 0 amide bonds. The Labute approximate surface area is 113 Å². The lowest BCUT2D eigenvalue weighted by atomic mass is 10.1. The van der Waals surface area contributed by atoms with Gasteiger partial charge < -0.3 is 10.8 Å². The molecule has 0 saturated carbocycles. The summed E-state index contributed by atoms with van der Waals surface area (Å²) in [6.07, 6.45) is 1.43. The largest absolute Gasteiger partial charge is 0.476 e. The topological polar surface area (TPSA) is 105 Å². The van der Waals surface area contributed by atoms with Crippen LogP contribution >= 0.6 is 11.6 Å². The van der Waals surface area contributed by atoms with Crippen LogP contribution in [0.2, 0.25) is 5.02 Å². The van der Waals surface area contributed by atoms with Crippen LogP contribution in [0.15, 0.2) is 24.4 Å². The molecule has 0 unspecified atom stereocenters. The molecule has 2 rings (SSSR count). The lowest BCUT2D eigenvalue weighted by Crippen LogP contribution is -2.05. The SMILES string of the molecule is N#Cc1ccc(Cn2cc(N)c(C(=O)O)n2)c(Cl)c1. The first-order chi connectivity index (χ1) is 9.01. The molecule has 0 aliphatic carbocycles. The predicted octanol–water partition coefficient (Wildman–Crippen LogP) is 1.74. The number of carbonyl (C=O) groups is 1. The van der Waals surface area contributed by atoms with Crippen molar-refractivity contribution < 1.29 is 9.90 Å². The summed E-state index contributed by atoms with van der Waals surface area (Å²) < 4.78 is 1.39. The second-order valence-electron chi connectivity index (χ2n) is 3.85. The summed E-state index contributed by atoms with van der Waals surface area (Å²) >= 11 is 6.03. The quantitative estimate of drug-likeness (QED) is 0.888. The Morgan fingerprint density at radius 2 is 2.32 bits per heavy atom. The maximum atomic E-state index is 10.8. The van der Waals surface area contributed by atoms with Crippen LogP contribution in [0.3, 0.4) is 0 Å². The molecule has 96 valence electrons. The number of anilines is 1. The molecule has 0 atom stereocenters. The number of nitriles is 1. The summed E-state index contributed by atoms with van der Waals surface area (Å²) in [5.41, 5.74) is 6.62. The van der Waals surface area contributed by atoms with E-state index in [1.54, 1.807) is 18.2 Å². The van der Waals surface area contributed by atoms with Crippen LogP contribution in [-0.2, 0) is 6.54 Å². The van der Waals surface area contributed by atoms with E-state index in [0.717, 1.165) is 5.56 Å². The van der Waals surface area contributed by atoms with Gasteiger partial charge in [0.15, 0.2) is 5.69 Å². The van der Waals surface area contributed by atoms with Crippen molar-refractivity contribution in [3.8, 4) is 6.07 Å². The zero-order chi connectivity index (χ0) is 14.0. The summed E-state index contributed by atoms with van der Waals surface area (Å²) in [7, 11) is 0. The first-order valence-electron chi connectivity index (χ1n) is 5.26. The number of aromatic carboxylic acids is 1. The first-order valence-corrected chi connectivity index (χ1v) is 5.64. The van der Waals surface area contributed by atoms with Gasteiger partial charge in [-0.3, -0.25) is 4.68 Å². The van der Waals surface area contributed by atoms with E-state index in [0.29, 0.717) is 10.6 Å². The van der Waals surface area contributed by atoms with Crippen LogP contribution in [0.4, 0.5) is 5.69 Å². The summed E-state index contributed by atoms with van der Waals surface area (Å²) in [5.74, 6) is -1.18. The van der Waals surface area contributed by atoms with Gasteiger partial charge in [0.05, 0.1) is 23.9 Å². The van der Waals surface area contributed by atoms with Crippen LogP contribution < -0.4 is 5.73 Å². The van der Waals surface area contributed by atoms with Gasteiger partial charge in [-0.05, 0) is 17.7 Å². The Balaban J connectivity index is 2.29. The van der Waals surface area contributed by atoms with E-state index in [4.69, 9.17) is 27.7 Å². The highest BCUT2D eigenvalue weighted by molar-refractivity contribution is 6.31. The molecule has 0 aliphatic heterocycles. The van der Waals surface area contributed by atoms with Crippen molar-refractivity contribution in [2.45, 2.75) is 6.54 Å². The van der Waals surface area contributed by atoms with Gasteiger partial charge in [0, 0.05) is 11.2 Å².